The molecule has 1 aromatic carbocycles. The van der Waals surface area contributed by atoms with Gasteiger partial charge in [0.1, 0.15) is 12.4 Å². The number of amides is 1. The molecule has 4 heterocycles. The van der Waals surface area contributed by atoms with E-state index in [0.29, 0.717) is 12.2 Å². The Morgan fingerprint density at radius 1 is 1.23 bits per heavy atom. The molecule has 9 heteroatoms. The molecule has 0 saturated carbocycles. The van der Waals surface area contributed by atoms with Crippen LogP contribution in [0, 0.1) is 0 Å². The summed E-state index contributed by atoms with van der Waals surface area (Å²) < 4.78 is 6.69. The van der Waals surface area contributed by atoms with Crippen LogP contribution >= 0.6 is 0 Å². The van der Waals surface area contributed by atoms with Crippen LogP contribution in [0.4, 0.5) is 10.5 Å². The van der Waals surface area contributed by atoms with Crippen LogP contribution in [0.1, 0.15) is 5.56 Å². The number of fused-ring (bicyclic) bond motifs is 3. The van der Waals surface area contributed by atoms with Crippen LogP contribution in [0.5, 0.6) is 0 Å². The number of hydrogen-bond acceptors (Lipinski definition) is 7. The number of ether oxygens (including phenoxy) is 1. The van der Waals surface area contributed by atoms with Gasteiger partial charge in [-0.05, 0) is 52.2 Å². The quantitative estimate of drug-likeness (QED) is 0.750. The van der Waals surface area contributed by atoms with Gasteiger partial charge in [-0.3, -0.25) is 4.90 Å². The number of hydrogen-bond donors (Lipinski definition) is 1. The number of aliphatic hydroxyl groups is 1. The monoisotopic (exact) mass is 350 g/mol. The number of benzene rings is 1. The summed E-state index contributed by atoms with van der Waals surface area (Å²) in [5.74, 6) is 0.633. The summed E-state index contributed by atoms with van der Waals surface area (Å²) in [5.41, 5.74) is 3.87. The van der Waals surface area contributed by atoms with Crippen molar-refractivity contribution >= 4 is 11.8 Å². The van der Waals surface area contributed by atoms with Crippen molar-refractivity contribution in [1.29, 1.82) is 0 Å². The third-order valence-corrected chi connectivity index (χ3v) is 4.82. The third-order valence-electron chi connectivity index (χ3n) is 4.82. The highest BCUT2D eigenvalue weighted by Crippen LogP contribution is 2.40. The van der Waals surface area contributed by atoms with Crippen LogP contribution < -0.4 is 4.90 Å². The number of tetrazole rings is 1. The van der Waals surface area contributed by atoms with Crippen LogP contribution in [0.3, 0.4) is 0 Å². The first-order chi connectivity index (χ1) is 12.7. The molecule has 0 bridgehead atoms. The molecule has 26 heavy (non-hydrogen) atoms. The highest BCUT2D eigenvalue weighted by molar-refractivity contribution is 5.94. The lowest BCUT2D eigenvalue weighted by atomic mass is 10.0. The normalized spacial score (nSPS) is 20.8. The van der Waals surface area contributed by atoms with Crippen molar-refractivity contribution in [1.82, 2.24) is 25.2 Å². The number of pyridine rings is 1. The molecule has 2 atom stereocenters. The summed E-state index contributed by atoms with van der Waals surface area (Å²) in [6.45, 7) is -0.170. The van der Waals surface area contributed by atoms with Crippen molar-refractivity contribution < 1.29 is 14.6 Å². The van der Waals surface area contributed by atoms with Crippen molar-refractivity contribution in [3.05, 3.63) is 48.4 Å². The number of carbonyl (C=O) groups is 1. The lowest BCUT2D eigenvalue weighted by molar-refractivity contribution is 0.0830. The molecule has 1 saturated heterocycles. The zero-order valence-electron chi connectivity index (χ0n) is 13.6. The largest absolute Gasteiger partial charge is 0.441 e. The van der Waals surface area contributed by atoms with Crippen LogP contribution in [0.2, 0.25) is 0 Å². The summed E-state index contributed by atoms with van der Waals surface area (Å²) in [7, 11) is 0. The summed E-state index contributed by atoms with van der Waals surface area (Å²) in [6, 6.07) is 9.58. The maximum Gasteiger partial charge on any atom is 0.415 e. The van der Waals surface area contributed by atoms with E-state index in [4.69, 9.17) is 4.74 Å². The Bertz CT molecular complexity index is 973. The molecule has 3 aromatic rings. The molecule has 0 spiro atoms. The fourth-order valence-corrected chi connectivity index (χ4v) is 3.57. The van der Waals surface area contributed by atoms with E-state index in [1.807, 2.05) is 24.3 Å². The van der Waals surface area contributed by atoms with E-state index >= 15 is 0 Å². The van der Waals surface area contributed by atoms with Gasteiger partial charge >= 0.3 is 6.09 Å². The predicted molar refractivity (Wildman–Crippen MR) is 89.7 cm³/mol. The zero-order chi connectivity index (χ0) is 17.7. The zero-order valence-corrected chi connectivity index (χ0v) is 13.6. The van der Waals surface area contributed by atoms with Gasteiger partial charge in [0, 0.05) is 11.8 Å². The molecule has 2 aromatic heterocycles. The summed E-state index contributed by atoms with van der Waals surface area (Å²) >= 11 is 0. The molecule has 2 aliphatic heterocycles. The van der Waals surface area contributed by atoms with Gasteiger partial charge < -0.3 is 9.84 Å². The van der Waals surface area contributed by atoms with E-state index < -0.39 is 12.2 Å². The Labute approximate surface area is 147 Å². The number of cyclic esters (lactones) is 1. The molecule has 9 nitrogen and oxygen atoms in total. The molecule has 5 rings (SSSR count). The van der Waals surface area contributed by atoms with Gasteiger partial charge in [0.2, 0.25) is 0 Å². The molecule has 2 aliphatic rings. The standard InChI is InChI=1S/C17H14N6O3/c24-8-15-14-6-12-5-10(1-3-13(12)23(14)17(25)26-15)11-2-4-16(18-7-11)22-9-19-20-21-22/h1-5,7,9,14-15,24H,6,8H2. The van der Waals surface area contributed by atoms with Gasteiger partial charge in [-0.2, -0.15) is 4.68 Å². The first kappa shape index (κ1) is 15.0. The Balaban J connectivity index is 1.46. The second-order valence-corrected chi connectivity index (χ2v) is 6.25. The minimum atomic E-state index is -0.476. The Kier molecular flexibility index (Phi) is 3.22. The second-order valence-electron chi connectivity index (χ2n) is 6.25. The maximum absolute atomic E-state index is 12.1. The molecular weight excluding hydrogens is 336 g/mol. The van der Waals surface area contributed by atoms with E-state index in [1.165, 1.54) is 11.0 Å². The maximum atomic E-state index is 12.1. The third kappa shape index (κ3) is 2.17. The van der Waals surface area contributed by atoms with Crippen molar-refractivity contribution in [2.24, 2.45) is 0 Å². The van der Waals surface area contributed by atoms with E-state index in [1.54, 1.807) is 11.1 Å². The summed E-state index contributed by atoms with van der Waals surface area (Å²) in [5, 5.41) is 20.4. The molecule has 130 valence electrons. The lowest BCUT2D eigenvalue weighted by Gasteiger charge is -2.14. The van der Waals surface area contributed by atoms with Gasteiger partial charge in [-0.25, -0.2) is 9.78 Å². The molecule has 0 aliphatic carbocycles. The van der Waals surface area contributed by atoms with E-state index in [2.05, 4.69) is 26.6 Å². The Morgan fingerprint density at radius 2 is 2.12 bits per heavy atom. The van der Waals surface area contributed by atoms with Crippen molar-refractivity contribution in [2.75, 3.05) is 11.5 Å². The Hall–Kier alpha value is -3.33. The van der Waals surface area contributed by atoms with E-state index in [9.17, 15) is 9.90 Å². The highest BCUT2D eigenvalue weighted by atomic mass is 16.6. The van der Waals surface area contributed by atoms with E-state index in [-0.39, 0.29) is 12.6 Å². The number of anilines is 1. The first-order valence-electron chi connectivity index (χ1n) is 8.18. The number of nitrogens with zero attached hydrogens (tertiary/aromatic N) is 6. The van der Waals surface area contributed by atoms with E-state index in [0.717, 1.165) is 22.4 Å². The van der Waals surface area contributed by atoms with Crippen molar-refractivity contribution in [2.45, 2.75) is 18.6 Å². The van der Waals surface area contributed by atoms with Crippen molar-refractivity contribution in [3.63, 3.8) is 0 Å². The summed E-state index contributed by atoms with van der Waals surface area (Å²) in [4.78, 5) is 18.1. The molecule has 0 radical (unpaired) electrons. The fourth-order valence-electron chi connectivity index (χ4n) is 3.57. The van der Waals surface area contributed by atoms with Crippen LogP contribution in [-0.2, 0) is 11.2 Å². The molecule has 2 unspecified atom stereocenters. The van der Waals surface area contributed by atoms with Gasteiger partial charge in [0.25, 0.3) is 0 Å². The summed E-state index contributed by atoms with van der Waals surface area (Å²) in [6.07, 6.45) is 3.04. The van der Waals surface area contributed by atoms with Crippen LogP contribution in [0.15, 0.2) is 42.9 Å². The predicted octanol–water partition coefficient (Wildman–Crippen LogP) is 0.966. The van der Waals surface area contributed by atoms with Gasteiger partial charge in [0.15, 0.2) is 5.82 Å². The number of aromatic nitrogens is 5. The SMILES string of the molecule is O=C1OC(CO)C2Cc3cc(-c4ccc(-n5cnnn5)nc4)ccc3N12. The Morgan fingerprint density at radius 3 is 2.85 bits per heavy atom. The first-order valence-corrected chi connectivity index (χ1v) is 8.18. The molecule has 1 fully saturated rings. The minimum absolute atomic E-state index is 0.141. The van der Waals surface area contributed by atoms with Gasteiger partial charge in [-0.15, -0.1) is 5.10 Å². The smallest absolute Gasteiger partial charge is 0.415 e. The van der Waals surface area contributed by atoms with Crippen LogP contribution in [0.25, 0.3) is 16.9 Å². The molecular formula is C17H14N6O3. The molecule has 1 N–H and O–H groups in total. The number of rotatable bonds is 3. The van der Waals surface area contributed by atoms with Gasteiger partial charge in [-0.1, -0.05) is 6.07 Å². The average molecular weight is 350 g/mol. The second kappa shape index (κ2) is 5.60. The topological polar surface area (TPSA) is 106 Å². The van der Waals surface area contributed by atoms with Crippen molar-refractivity contribution in [3.8, 4) is 16.9 Å². The highest BCUT2D eigenvalue weighted by Gasteiger charge is 2.47. The number of carbonyl (C=O) groups excluding carboxylic acids is 1. The average Bonchev–Trinajstić information content (AvgIpc) is 3.38. The number of aliphatic hydroxyl groups excluding tert-OH is 1. The lowest BCUT2D eigenvalue weighted by Crippen LogP contribution is -2.34. The fraction of sp³-hybridized carbons (Fsp3) is 0.235. The minimum Gasteiger partial charge on any atom is -0.441 e. The molecule has 1 amide bonds. The van der Waals surface area contributed by atoms with Crippen LogP contribution in [-0.4, -0.2) is 55.1 Å². The van der Waals surface area contributed by atoms with Gasteiger partial charge in [0.05, 0.1) is 18.3 Å².